The predicted molar refractivity (Wildman–Crippen MR) is 85.8 cm³/mol. The van der Waals surface area contributed by atoms with Crippen LogP contribution in [0.15, 0.2) is 57.2 Å². The summed E-state index contributed by atoms with van der Waals surface area (Å²) in [7, 11) is 1.91. The van der Waals surface area contributed by atoms with Gasteiger partial charge in [0, 0.05) is 25.0 Å². The SMILES string of the molecule is Cn1c(SCc2nc(-c3ccoc3)no2)nnc1-c1cccnc1. The zero-order valence-corrected chi connectivity index (χ0v) is 13.5. The van der Waals surface area contributed by atoms with E-state index in [0.717, 1.165) is 22.1 Å². The lowest BCUT2D eigenvalue weighted by molar-refractivity contribution is 0.391. The minimum absolute atomic E-state index is 0.504. The fraction of sp³-hybridized carbons (Fsp3) is 0.133. The van der Waals surface area contributed by atoms with Crippen LogP contribution < -0.4 is 0 Å². The number of aromatic nitrogens is 6. The molecule has 0 amide bonds. The van der Waals surface area contributed by atoms with Gasteiger partial charge in [0.25, 0.3) is 0 Å². The molecule has 9 heteroatoms. The van der Waals surface area contributed by atoms with Gasteiger partial charge in [-0.3, -0.25) is 4.98 Å². The lowest BCUT2D eigenvalue weighted by Gasteiger charge is -2.02. The van der Waals surface area contributed by atoms with Gasteiger partial charge in [-0.05, 0) is 18.2 Å². The van der Waals surface area contributed by atoms with Crippen LogP contribution >= 0.6 is 11.8 Å². The average molecular weight is 340 g/mol. The summed E-state index contributed by atoms with van der Waals surface area (Å²) in [5.74, 6) is 2.29. The molecular weight excluding hydrogens is 328 g/mol. The summed E-state index contributed by atoms with van der Waals surface area (Å²) in [6.07, 6.45) is 6.63. The third-order valence-corrected chi connectivity index (χ3v) is 4.33. The van der Waals surface area contributed by atoms with Crippen molar-refractivity contribution in [2.45, 2.75) is 10.9 Å². The zero-order valence-electron chi connectivity index (χ0n) is 12.7. The van der Waals surface area contributed by atoms with E-state index in [9.17, 15) is 0 Å². The molecule has 0 saturated heterocycles. The Labute approximate surface area is 140 Å². The van der Waals surface area contributed by atoms with E-state index in [1.165, 1.54) is 11.8 Å². The van der Waals surface area contributed by atoms with Gasteiger partial charge in [-0.25, -0.2) is 0 Å². The van der Waals surface area contributed by atoms with Crippen LogP contribution in [-0.2, 0) is 12.8 Å². The number of pyridine rings is 1. The minimum Gasteiger partial charge on any atom is -0.472 e. The Hall–Kier alpha value is -2.94. The lowest BCUT2D eigenvalue weighted by atomic mass is 10.3. The topological polar surface area (TPSA) is 95.7 Å². The highest BCUT2D eigenvalue weighted by atomic mass is 32.2. The van der Waals surface area contributed by atoms with Gasteiger partial charge < -0.3 is 13.5 Å². The number of hydrogen-bond donors (Lipinski definition) is 0. The van der Waals surface area contributed by atoms with E-state index in [1.807, 2.05) is 23.7 Å². The van der Waals surface area contributed by atoms with E-state index in [1.54, 1.807) is 31.0 Å². The first kappa shape index (κ1) is 14.6. The maximum atomic E-state index is 5.25. The summed E-state index contributed by atoms with van der Waals surface area (Å²) < 4.78 is 12.2. The van der Waals surface area contributed by atoms with Gasteiger partial charge in [-0.15, -0.1) is 10.2 Å². The molecular formula is C15H12N6O2S. The van der Waals surface area contributed by atoms with Crippen LogP contribution in [-0.4, -0.2) is 29.9 Å². The molecule has 0 aliphatic rings. The summed E-state index contributed by atoms with van der Waals surface area (Å²) >= 11 is 1.48. The molecule has 0 aliphatic heterocycles. The molecule has 0 radical (unpaired) electrons. The van der Waals surface area contributed by atoms with Crippen molar-refractivity contribution in [3.63, 3.8) is 0 Å². The van der Waals surface area contributed by atoms with Crippen molar-refractivity contribution in [3.05, 3.63) is 49.0 Å². The number of rotatable bonds is 5. The monoisotopic (exact) mass is 340 g/mol. The van der Waals surface area contributed by atoms with Crippen molar-refractivity contribution in [2.24, 2.45) is 7.05 Å². The lowest BCUT2D eigenvalue weighted by Crippen LogP contribution is -1.95. The molecule has 4 heterocycles. The van der Waals surface area contributed by atoms with E-state index in [0.29, 0.717) is 17.5 Å². The molecule has 4 rings (SSSR count). The second-order valence-corrected chi connectivity index (χ2v) is 5.86. The third kappa shape index (κ3) is 2.81. The molecule has 0 aliphatic carbocycles. The second kappa shape index (κ2) is 6.28. The predicted octanol–water partition coefficient (Wildman–Crippen LogP) is 2.81. The molecule has 4 aromatic rings. The molecule has 0 N–H and O–H groups in total. The molecule has 0 aromatic carbocycles. The van der Waals surface area contributed by atoms with Gasteiger partial charge in [0.05, 0.1) is 17.6 Å². The molecule has 0 atom stereocenters. The molecule has 0 unspecified atom stereocenters. The smallest absolute Gasteiger partial charge is 0.237 e. The van der Waals surface area contributed by atoms with Crippen molar-refractivity contribution < 1.29 is 8.94 Å². The summed E-state index contributed by atoms with van der Waals surface area (Å²) in [5, 5.41) is 13.1. The van der Waals surface area contributed by atoms with Crippen molar-refractivity contribution in [1.29, 1.82) is 0 Å². The maximum absolute atomic E-state index is 5.25. The molecule has 24 heavy (non-hydrogen) atoms. The average Bonchev–Trinajstić information content (AvgIpc) is 3.35. The van der Waals surface area contributed by atoms with Gasteiger partial charge in [0.2, 0.25) is 11.7 Å². The van der Waals surface area contributed by atoms with E-state index >= 15 is 0 Å². The van der Waals surface area contributed by atoms with Crippen LogP contribution in [0.3, 0.4) is 0 Å². The van der Waals surface area contributed by atoms with Gasteiger partial charge in [0.15, 0.2) is 11.0 Å². The summed E-state index contributed by atoms with van der Waals surface area (Å²) in [4.78, 5) is 8.44. The first-order chi connectivity index (χ1) is 11.8. The normalized spacial score (nSPS) is 11.0. The summed E-state index contributed by atoms with van der Waals surface area (Å²) in [6.45, 7) is 0. The molecule has 4 aromatic heterocycles. The van der Waals surface area contributed by atoms with Crippen molar-refractivity contribution >= 4 is 11.8 Å². The second-order valence-electron chi connectivity index (χ2n) is 4.92. The molecule has 0 bridgehead atoms. The fourth-order valence-corrected chi connectivity index (χ4v) is 2.88. The Kier molecular flexibility index (Phi) is 3.83. The third-order valence-electron chi connectivity index (χ3n) is 3.33. The van der Waals surface area contributed by atoms with Crippen LogP contribution in [0.25, 0.3) is 22.8 Å². The Balaban J connectivity index is 1.48. The number of hydrogen-bond acceptors (Lipinski definition) is 8. The van der Waals surface area contributed by atoms with Crippen LogP contribution in [0.2, 0.25) is 0 Å². The van der Waals surface area contributed by atoms with E-state index in [4.69, 9.17) is 8.94 Å². The van der Waals surface area contributed by atoms with Crippen LogP contribution in [0.4, 0.5) is 0 Å². The van der Waals surface area contributed by atoms with Crippen molar-refractivity contribution in [1.82, 2.24) is 29.9 Å². The first-order valence-corrected chi connectivity index (χ1v) is 8.07. The quantitative estimate of drug-likeness (QED) is 0.512. The standard InChI is InChI=1S/C15H12N6O2S/c1-21-14(10-3-2-5-16-7-10)18-19-15(21)24-9-12-17-13(20-23-12)11-4-6-22-8-11/h2-8H,9H2,1H3. The van der Waals surface area contributed by atoms with Gasteiger partial charge in [-0.1, -0.05) is 16.9 Å². The van der Waals surface area contributed by atoms with Crippen LogP contribution in [0, 0.1) is 0 Å². The Morgan fingerprint density at radius 2 is 2.17 bits per heavy atom. The largest absolute Gasteiger partial charge is 0.472 e. The first-order valence-electron chi connectivity index (χ1n) is 7.09. The van der Waals surface area contributed by atoms with E-state index in [-0.39, 0.29) is 0 Å². The van der Waals surface area contributed by atoms with Gasteiger partial charge >= 0.3 is 0 Å². The van der Waals surface area contributed by atoms with Gasteiger partial charge in [0.1, 0.15) is 6.26 Å². The summed E-state index contributed by atoms with van der Waals surface area (Å²) in [5.41, 5.74) is 1.70. The summed E-state index contributed by atoms with van der Waals surface area (Å²) in [6, 6.07) is 5.60. The zero-order chi connectivity index (χ0) is 16.4. The highest BCUT2D eigenvalue weighted by Gasteiger charge is 2.14. The number of thioether (sulfide) groups is 1. The Morgan fingerprint density at radius 1 is 1.21 bits per heavy atom. The fourth-order valence-electron chi connectivity index (χ4n) is 2.14. The molecule has 0 fully saturated rings. The highest BCUT2D eigenvalue weighted by molar-refractivity contribution is 7.98. The number of furan rings is 1. The molecule has 0 saturated carbocycles. The Morgan fingerprint density at radius 3 is 2.96 bits per heavy atom. The molecule has 8 nitrogen and oxygen atoms in total. The van der Waals surface area contributed by atoms with Crippen molar-refractivity contribution in [3.8, 4) is 22.8 Å². The van der Waals surface area contributed by atoms with E-state index in [2.05, 4.69) is 25.3 Å². The van der Waals surface area contributed by atoms with Gasteiger partial charge in [-0.2, -0.15) is 4.98 Å². The molecule has 0 spiro atoms. The van der Waals surface area contributed by atoms with Crippen LogP contribution in [0.5, 0.6) is 0 Å². The molecule has 120 valence electrons. The Bertz CT molecular complexity index is 932. The minimum atomic E-state index is 0.504. The van der Waals surface area contributed by atoms with Crippen molar-refractivity contribution in [2.75, 3.05) is 0 Å². The van der Waals surface area contributed by atoms with E-state index < -0.39 is 0 Å². The van der Waals surface area contributed by atoms with Crippen LogP contribution in [0.1, 0.15) is 5.89 Å². The number of nitrogens with zero attached hydrogens (tertiary/aromatic N) is 6. The maximum Gasteiger partial charge on any atom is 0.237 e. The highest BCUT2D eigenvalue weighted by Crippen LogP contribution is 2.25.